The zero-order valence-corrected chi connectivity index (χ0v) is 13.0. The molecule has 106 valence electrons. The van der Waals surface area contributed by atoms with Crippen molar-refractivity contribution in [3.63, 3.8) is 0 Å². The second-order valence-electron chi connectivity index (χ2n) is 5.03. The summed E-state index contributed by atoms with van der Waals surface area (Å²) in [5, 5.41) is 4.25. The van der Waals surface area contributed by atoms with Crippen molar-refractivity contribution in [1.82, 2.24) is 5.32 Å². The summed E-state index contributed by atoms with van der Waals surface area (Å²) in [6, 6.07) is 14.9. The molecule has 0 heterocycles. The van der Waals surface area contributed by atoms with E-state index in [2.05, 4.69) is 55.6 Å². The van der Waals surface area contributed by atoms with Gasteiger partial charge in [-0.05, 0) is 53.8 Å². The molecule has 0 bridgehead atoms. The molecule has 0 unspecified atom stereocenters. The van der Waals surface area contributed by atoms with Crippen molar-refractivity contribution in [2.75, 3.05) is 6.54 Å². The molecule has 2 aromatic carbocycles. The van der Waals surface area contributed by atoms with Crippen LogP contribution in [0.15, 0.2) is 42.5 Å². The van der Waals surface area contributed by atoms with Crippen molar-refractivity contribution in [1.29, 1.82) is 0 Å². The quantitative estimate of drug-likeness (QED) is 0.732. The van der Waals surface area contributed by atoms with Gasteiger partial charge in [-0.25, -0.2) is 0 Å². The number of benzene rings is 2. The van der Waals surface area contributed by atoms with Gasteiger partial charge in [0.05, 0.1) is 0 Å². The Kier molecular flexibility index (Phi) is 5.63. The van der Waals surface area contributed by atoms with Gasteiger partial charge in [-0.15, -0.1) is 0 Å². The van der Waals surface area contributed by atoms with Crippen LogP contribution in [0.3, 0.4) is 0 Å². The smallest absolute Gasteiger partial charge is 0.0409 e. The van der Waals surface area contributed by atoms with Crippen LogP contribution in [0.25, 0.3) is 11.1 Å². The molecule has 20 heavy (non-hydrogen) atoms. The Morgan fingerprint density at radius 3 is 2.40 bits per heavy atom. The van der Waals surface area contributed by atoms with Crippen LogP contribution in [0, 0.1) is 0 Å². The lowest BCUT2D eigenvalue weighted by Crippen LogP contribution is -2.14. The maximum absolute atomic E-state index is 6.14. The van der Waals surface area contributed by atoms with Crippen molar-refractivity contribution in [2.24, 2.45) is 0 Å². The molecule has 0 atom stereocenters. The van der Waals surface area contributed by atoms with Crippen molar-refractivity contribution in [3.05, 3.63) is 58.6 Å². The Morgan fingerprint density at radius 1 is 1.00 bits per heavy atom. The lowest BCUT2D eigenvalue weighted by Gasteiger charge is -2.12. The van der Waals surface area contributed by atoms with Gasteiger partial charge in [0.1, 0.15) is 0 Å². The van der Waals surface area contributed by atoms with Gasteiger partial charge in [-0.3, -0.25) is 0 Å². The average Bonchev–Trinajstić information content (AvgIpc) is 2.48. The molecule has 2 heteroatoms. The predicted octanol–water partition coefficient (Wildman–Crippen LogP) is 5.07. The van der Waals surface area contributed by atoms with E-state index in [1.807, 2.05) is 6.07 Å². The average molecular weight is 288 g/mol. The molecule has 0 saturated carbocycles. The third-order valence-corrected chi connectivity index (χ3v) is 3.72. The maximum Gasteiger partial charge on any atom is 0.0409 e. The van der Waals surface area contributed by atoms with Gasteiger partial charge in [0.15, 0.2) is 0 Å². The third kappa shape index (κ3) is 3.84. The van der Waals surface area contributed by atoms with E-state index in [0.29, 0.717) is 0 Å². The van der Waals surface area contributed by atoms with E-state index in [4.69, 9.17) is 11.6 Å². The zero-order chi connectivity index (χ0) is 14.4. The molecular formula is C18H22ClN. The highest BCUT2D eigenvalue weighted by molar-refractivity contribution is 6.30. The number of halogens is 1. The van der Waals surface area contributed by atoms with Crippen molar-refractivity contribution < 1.29 is 0 Å². The second-order valence-corrected chi connectivity index (χ2v) is 5.47. The van der Waals surface area contributed by atoms with Gasteiger partial charge in [0, 0.05) is 11.6 Å². The van der Waals surface area contributed by atoms with Crippen LogP contribution in [0.1, 0.15) is 31.4 Å². The molecule has 0 aliphatic heterocycles. The Morgan fingerprint density at radius 2 is 1.75 bits per heavy atom. The van der Waals surface area contributed by atoms with Crippen LogP contribution in [0.5, 0.6) is 0 Å². The van der Waals surface area contributed by atoms with E-state index in [-0.39, 0.29) is 0 Å². The first-order valence-corrected chi connectivity index (χ1v) is 7.70. The van der Waals surface area contributed by atoms with E-state index < -0.39 is 0 Å². The van der Waals surface area contributed by atoms with Gasteiger partial charge in [0.25, 0.3) is 0 Å². The number of aryl methyl sites for hydroxylation is 1. The first-order valence-electron chi connectivity index (χ1n) is 7.33. The highest BCUT2D eigenvalue weighted by Crippen LogP contribution is 2.27. The van der Waals surface area contributed by atoms with Crippen LogP contribution in [0.4, 0.5) is 0 Å². The fraction of sp³-hybridized carbons (Fsp3) is 0.333. The molecule has 0 fully saturated rings. The highest BCUT2D eigenvalue weighted by atomic mass is 35.5. The van der Waals surface area contributed by atoms with Crippen molar-refractivity contribution >= 4 is 11.6 Å². The largest absolute Gasteiger partial charge is 0.313 e. The summed E-state index contributed by atoms with van der Waals surface area (Å²) in [5.74, 6) is 0. The molecular weight excluding hydrogens is 266 g/mol. The summed E-state index contributed by atoms with van der Waals surface area (Å²) in [4.78, 5) is 0. The number of hydrogen-bond acceptors (Lipinski definition) is 1. The minimum absolute atomic E-state index is 0.798. The number of hydrogen-bond donors (Lipinski definition) is 1. The number of nitrogens with one attached hydrogen (secondary N) is 1. The van der Waals surface area contributed by atoms with Crippen LogP contribution in [0.2, 0.25) is 5.02 Å². The second kappa shape index (κ2) is 7.47. The minimum atomic E-state index is 0.798. The van der Waals surface area contributed by atoms with Crippen molar-refractivity contribution in [2.45, 2.75) is 33.2 Å². The molecule has 0 saturated heterocycles. The fourth-order valence-electron chi connectivity index (χ4n) is 2.31. The van der Waals surface area contributed by atoms with Crippen LogP contribution >= 0.6 is 11.6 Å². The van der Waals surface area contributed by atoms with Gasteiger partial charge in [-0.1, -0.05) is 55.8 Å². The van der Waals surface area contributed by atoms with E-state index >= 15 is 0 Å². The molecule has 1 nitrogen and oxygen atoms in total. The Balaban J connectivity index is 2.28. The normalized spacial score (nSPS) is 10.8. The first kappa shape index (κ1) is 15.1. The molecule has 0 aliphatic carbocycles. The maximum atomic E-state index is 6.14. The standard InChI is InChI=1S/C18H22ClN/c1-3-11-20-13-16-12-17(19)9-10-18(16)15-7-5-14(4-2)6-8-15/h5-10,12,20H,3-4,11,13H2,1-2H3. The third-order valence-electron chi connectivity index (χ3n) is 3.48. The van der Waals surface area contributed by atoms with E-state index in [1.54, 1.807) is 0 Å². The van der Waals surface area contributed by atoms with Gasteiger partial charge in [-0.2, -0.15) is 0 Å². The SMILES string of the molecule is CCCNCc1cc(Cl)ccc1-c1ccc(CC)cc1. The van der Waals surface area contributed by atoms with Crippen LogP contribution in [-0.2, 0) is 13.0 Å². The minimum Gasteiger partial charge on any atom is -0.313 e. The lowest BCUT2D eigenvalue weighted by atomic mass is 9.98. The van der Waals surface area contributed by atoms with E-state index in [0.717, 1.165) is 31.0 Å². The molecule has 0 aromatic heterocycles. The van der Waals surface area contributed by atoms with E-state index in [9.17, 15) is 0 Å². The summed E-state index contributed by atoms with van der Waals surface area (Å²) in [5.41, 5.74) is 5.15. The van der Waals surface area contributed by atoms with Gasteiger partial charge in [0.2, 0.25) is 0 Å². The molecule has 2 rings (SSSR count). The molecule has 0 amide bonds. The molecule has 0 spiro atoms. The molecule has 0 aliphatic rings. The zero-order valence-electron chi connectivity index (χ0n) is 12.2. The monoisotopic (exact) mass is 287 g/mol. The summed E-state index contributed by atoms with van der Waals surface area (Å²) < 4.78 is 0. The summed E-state index contributed by atoms with van der Waals surface area (Å²) in [6.07, 6.45) is 2.22. The van der Waals surface area contributed by atoms with Gasteiger partial charge >= 0.3 is 0 Å². The highest BCUT2D eigenvalue weighted by Gasteiger charge is 2.06. The Bertz CT molecular complexity index is 546. The Hall–Kier alpha value is -1.31. The van der Waals surface area contributed by atoms with Gasteiger partial charge < -0.3 is 5.32 Å². The molecule has 0 radical (unpaired) electrons. The summed E-state index contributed by atoms with van der Waals surface area (Å²) in [6.45, 7) is 6.24. The Labute approximate surface area is 127 Å². The molecule has 2 aromatic rings. The summed E-state index contributed by atoms with van der Waals surface area (Å²) >= 11 is 6.14. The first-order chi connectivity index (χ1) is 9.74. The fourth-order valence-corrected chi connectivity index (χ4v) is 2.50. The number of rotatable bonds is 6. The topological polar surface area (TPSA) is 12.0 Å². The van der Waals surface area contributed by atoms with Crippen molar-refractivity contribution in [3.8, 4) is 11.1 Å². The van der Waals surface area contributed by atoms with Crippen LogP contribution < -0.4 is 5.32 Å². The summed E-state index contributed by atoms with van der Waals surface area (Å²) in [7, 11) is 0. The lowest BCUT2D eigenvalue weighted by molar-refractivity contribution is 0.676. The van der Waals surface area contributed by atoms with E-state index in [1.165, 1.54) is 22.3 Å². The molecule has 1 N–H and O–H groups in total. The van der Waals surface area contributed by atoms with Crippen LogP contribution in [-0.4, -0.2) is 6.54 Å². The predicted molar refractivity (Wildman–Crippen MR) is 88.3 cm³/mol.